The van der Waals surface area contributed by atoms with E-state index in [9.17, 15) is 4.39 Å². The zero-order valence-electron chi connectivity index (χ0n) is 8.96. The van der Waals surface area contributed by atoms with Gasteiger partial charge in [0.2, 0.25) is 0 Å². The maximum atomic E-state index is 13.4. The van der Waals surface area contributed by atoms with E-state index in [0.29, 0.717) is 10.6 Å². The number of nitrogens with two attached hydrogens (primary N) is 1. The quantitative estimate of drug-likeness (QED) is 0.886. The third-order valence-electron chi connectivity index (χ3n) is 2.95. The number of ether oxygens (including phenoxy) is 1. The van der Waals surface area contributed by atoms with Gasteiger partial charge in [0.05, 0.1) is 12.7 Å². The van der Waals surface area contributed by atoms with E-state index in [1.165, 1.54) is 6.07 Å². The Morgan fingerprint density at radius 3 is 2.88 bits per heavy atom. The lowest BCUT2D eigenvalue weighted by molar-refractivity contribution is 0.0433. The fraction of sp³-hybridized carbons (Fsp3) is 0.500. The van der Waals surface area contributed by atoms with Gasteiger partial charge in [-0.05, 0) is 31.4 Å². The summed E-state index contributed by atoms with van der Waals surface area (Å²) in [6.45, 7) is 0.225. The van der Waals surface area contributed by atoms with E-state index in [4.69, 9.17) is 22.1 Å². The van der Waals surface area contributed by atoms with Crippen molar-refractivity contribution >= 4 is 11.6 Å². The van der Waals surface area contributed by atoms with E-state index in [1.54, 1.807) is 12.1 Å². The minimum absolute atomic E-state index is 0.144. The van der Waals surface area contributed by atoms with Crippen molar-refractivity contribution in [3.8, 4) is 0 Å². The second-order valence-corrected chi connectivity index (χ2v) is 4.61. The van der Waals surface area contributed by atoms with Crippen molar-refractivity contribution in [1.82, 2.24) is 0 Å². The van der Waals surface area contributed by atoms with Crippen molar-refractivity contribution < 1.29 is 9.13 Å². The highest BCUT2D eigenvalue weighted by molar-refractivity contribution is 6.31. The fourth-order valence-corrected chi connectivity index (χ4v) is 2.21. The van der Waals surface area contributed by atoms with Gasteiger partial charge in [0, 0.05) is 16.6 Å². The molecule has 0 amide bonds. The molecule has 1 aliphatic rings. The SMILES string of the molecule is NC1CCC(OCc2c(F)cccc2Cl)C1. The molecule has 0 aliphatic heterocycles. The van der Waals surface area contributed by atoms with Crippen molar-refractivity contribution in [3.05, 3.63) is 34.6 Å². The van der Waals surface area contributed by atoms with Gasteiger partial charge in [0.1, 0.15) is 5.82 Å². The van der Waals surface area contributed by atoms with Crippen molar-refractivity contribution in [2.45, 2.75) is 38.0 Å². The van der Waals surface area contributed by atoms with E-state index in [-0.39, 0.29) is 24.6 Å². The van der Waals surface area contributed by atoms with Crippen LogP contribution >= 0.6 is 11.6 Å². The monoisotopic (exact) mass is 243 g/mol. The lowest BCUT2D eigenvalue weighted by Crippen LogP contribution is -2.17. The summed E-state index contributed by atoms with van der Waals surface area (Å²) < 4.78 is 19.0. The van der Waals surface area contributed by atoms with Gasteiger partial charge in [-0.3, -0.25) is 0 Å². The number of rotatable bonds is 3. The molecule has 4 heteroatoms. The van der Waals surface area contributed by atoms with E-state index in [0.717, 1.165) is 19.3 Å². The molecule has 0 bridgehead atoms. The number of halogens is 2. The van der Waals surface area contributed by atoms with Crippen LogP contribution in [0.2, 0.25) is 5.02 Å². The third-order valence-corrected chi connectivity index (χ3v) is 3.30. The van der Waals surface area contributed by atoms with Crippen LogP contribution < -0.4 is 5.73 Å². The van der Waals surface area contributed by atoms with Crippen LogP contribution in [0.4, 0.5) is 4.39 Å². The Bertz CT molecular complexity index is 352. The molecule has 16 heavy (non-hydrogen) atoms. The molecule has 0 heterocycles. The summed E-state index contributed by atoms with van der Waals surface area (Å²) in [5.41, 5.74) is 6.21. The summed E-state index contributed by atoms with van der Waals surface area (Å²) in [6, 6.07) is 4.88. The van der Waals surface area contributed by atoms with Gasteiger partial charge < -0.3 is 10.5 Å². The molecule has 1 saturated carbocycles. The summed E-state index contributed by atoms with van der Waals surface area (Å²) in [5.74, 6) is -0.310. The van der Waals surface area contributed by atoms with E-state index < -0.39 is 0 Å². The molecule has 1 aromatic rings. The first-order valence-corrected chi connectivity index (χ1v) is 5.84. The van der Waals surface area contributed by atoms with Crippen LogP contribution in [0.3, 0.4) is 0 Å². The number of hydrogen-bond donors (Lipinski definition) is 1. The molecule has 2 atom stereocenters. The van der Waals surface area contributed by atoms with Crippen molar-refractivity contribution in [3.63, 3.8) is 0 Å². The Balaban J connectivity index is 1.94. The van der Waals surface area contributed by atoms with Gasteiger partial charge in [-0.1, -0.05) is 17.7 Å². The standard InChI is InChI=1S/C12H15ClFNO/c13-11-2-1-3-12(14)10(11)7-16-9-5-4-8(15)6-9/h1-3,8-9H,4-7,15H2. The molecule has 1 fully saturated rings. The Morgan fingerprint density at radius 2 is 2.25 bits per heavy atom. The van der Waals surface area contributed by atoms with Crippen LogP contribution in [0.5, 0.6) is 0 Å². The van der Waals surface area contributed by atoms with E-state index >= 15 is 0 Å². The molecule has 2 rings (SSSR count). The van der Waals surface area contributed by atoms with E-state index in [2.05, 4.69) is 0 Å². The lowest BCUT2D eigenvalue weighted by atomic mass is 10.2. The van der Waals surface area contributed by atoms with Crippen molar-refractivity contribution in [2.75, 3.05) is 0 Å². The highest BCUT2D eigenvalue weighted by Crippen LogP contribution is 2.24. The summed E-state index contributed by atoms with van der Waals surface area (Å²) in [6.07, 6.45) is 2.93. The molecule has 1 aliphatic carbocycles. The second-order valence-electron chi connectivity index (χ2n) is 4.21. The zero-order valence-corrected chi connectivity index (χ0v) is 9.71. The van der Waals surface area contributed by atoms with Gasteiger partial charge in [0.15, 0.2) is 0 Å². The topological polar surface area (TPSA) is 35.2 Å². The van der Waals surface area contributed by atoms with Gasteiger partial charge in [-0.25, -0.2) is 4.39 Å². The fourth-order valence-electron chi connectivity index (χ4n) is 2.00. The minimum atomic E-state index is -0.310. The van der Waals surface area contributed by atoms with Crippen LogP contribution in [0.25, 0.3) is 0 Å². The first kappa shape index (κ1) is 11.8. The Morgan fingerprint density at radius 1 is 1.44 bits per heavy atom. The molecule has 0 saturated heterocycles. The zero-order chi connectivity index (χ0) is 11.5. The Labute approximate surface area is 99.5 Å². The van der Waals surface area contributed by atoms with Gasteiger partial charge in [0.25, 0.3) is 0 Å². The highest BCUT2D eigenvalue weighted by atomic mass is 35.5. The predicted molar refractivity (Wildman–Crippen MR) is 61.8 cm³/mol. The Kier molecular flexibility index (Phi) is 3.79. The molecule has 0 aromatic heterocycles. The number of hydrogen-bond acceptors (Lipinski definition) is 2. The summed E-state index contributed by atoms with van der Waals surface area (Å²) in [5, 5.41) is 0.419. The van der Waals surface area contributed by atoms with Gasteiger partial charge in [-0.15, -0.1) is 0 Å². The average molecular weight is 244 g/mol. The molecule has 2 unspecified atom stereocenters. The van der Waals surface area contributed by atoms with E-state index in [1.807, 2.05) is 0 Å². The minimum Gasteiger partial charge on any atom is -0.373 e. The van der Waals surface area contributed by atoms with Crippen LogP contribution in [-0.4, -0.2) is 12.1 Å². The molecule has 0 spiro atoms. The maximum absolute atomic E-state index is 13.4. The van der Waals surface area contributed by atoms with Crippen LogP contribution in [-0.2, 0) is 11.3 Å². The number of benzene rings is 1. The first-order valence-electron chi connectivity index (χ1n) is 5.47. The summed E-state index contributed by atoms with van der Waals surface area (Å²) >= 11 is 5.90. The normalized spacial score (nSPS) is 24.9. The molecule has 1 aromatic carbocycles. The highest BCUT2D eigenvalue weighted by Gasteiger charge is 2.22. The summed E-state index contributed by atoms with van der Waals surface area (Å²) in [4.78, 5) is 0. The largest absolute Gasteiger partial charge is 0.373 e. The van der Waals surface area contributed by atoms with Crippen molar-refractivity contribution in [1.29, 1.82) is 0 Å². The molecule has 0 radical (unpaired) electrons. The van der Waals surface area contributed by atoms with Crippen molar-refractivity contribution in [2.24, 2.45) is 5.73 Å². The third kappa shape index (κ3) is 2.73. The van der Waals surface area contributed by atoms with Gasteiger partial charge in [-0.2, -0.15) is 0 Å². The molecular weight excluding hydrogens is 229 g/mol. The molecular formula is C12H15ClFNO. The van der Waals surface area contributed by atoms with Gasteiger partial charge >= 0.3 is 0 Å². The molecule has 2 N–H and O–H groups in total. The summed E-state index contributed by atoms with van der Waals surface area (Å²) in [7, 11) is 0. The van der Waals surface area contributed by atoms with Crippen LogP contribution in [0.1, 0.15) is 24.8 Å². The van der Waals surface area contributed by atoms with Crippen LogP contribution in [0.15, 0.2) is 18.2 Å². The maximum Gasteiger partial charge on any atom is 0.130 e. The lowest BCUT2D eigenvalue weighted by Gasteiger charge is -2.12. The smallest absolute Gasteiger partial charge is 0.130 e. The van der Waals surface area contributed by atoms with Crippen LogP contribution in [0, 0.1) is 5.82 Å². The second kappa shape index (κ2) is 5.13. The first-order chi connectivity index (χ1) is 7.66. The predicted octanol–water partition coefficient (Wildman–Crippen LogP) is 2.88. The average Bonchev–Trinajstić information content (AvgIpc) is 2.63. The Hall–Kier alpha value is -0.640. The molecule has 2 nitrogen and oxygen atoms in total. The molecule has 88 valence electrons.